The van der Waals surface area contributed by atoms with Gasteiger partial charge in [0.25, 0.3) is 5.91 Å². The van der Waals surface area contributed by atoms with Gasteiger partial charge in [0, 0.05) is 11.9 Å². The minimum Gasteiger partial charge on any atom is -0.497 e. The Kier molecular flexibility index (Phi) is 6.68. The highest BCUT2D eigenvalue weighted by atomic mass is 16.5. The maximum atomic E-state index is 12.5. The average molecular weight is 391 g/mol. The zero-order valence-electron chi connectivity index (χ0n) is 16.9. The van der Waals surface area contributed by atoms with Crippen LogP contribution in [0.2, 0.25) is 0 Å². The second-order valence-electron chi connectivity index (χ2n) is 6.58. The standard InChI is InChI=1S/C23H25N3O3/c1-16-5-4-6-21(17(16)2)26-23(27)18-7-12-22(25-15-18)24-13-14-29-20-10-8-19(28-3)9-11-20/h4-12,15H,13-14H2,1-3H3,(H,24,25)(H,26,27). The van der Waals surface area contributed by atoms with Crippen LogP contribution in [0.3, 0.4) is 0 Å². The second kappa shape index (κ2) is 9.59. The molecule has 6 nitrogen and oxygen atoms in total. The van der Waals surface area contributed by atoms with E-state index in [1.165, 1.54) is 0 Å². The Bertz CT molecular complexity index is 954. The predicted octanol–water partition coefficient (Wildman–Crippen LogP) is 4.45. The fourth-order valence-corrected chi connectivity index (χ4v) is 2.73. The summed E-state index contributed by atoms with van der Waals surface area (Å²) >= 11 is 0. The zero-order chi connectivity index (χ0) is 20.6. The molecule has 150 valence electrons. The Balaban J connectivity index is 1.48. The number of pyridine rings is 1. The van der Waals surface area contributed by atoms with Crippen LogP contribution in [0.15, 0.2) is 60.8 Å². The molecule has 2 N–H and O–H groups in total. The van der Waals surface area contributed by atoms with E-state index in [0.29, 0.717) is 24.5 Å². The van der Waals surface area contributed by atoms with Gasteiger partial charge < -0.3 is 20.1 Å². The van der Waals surface area contributed by atoms with Gasteiger partial charge in [0.05, 0.1) is 19.2 Å². The number of aromatic nitrogens is 1. The van der Waals surface area contributed by atoms with Crippen molar-refractivity contribution in [1.29, 1.82) is 0 Å². The number of carbonyl (C=O) groups is 1. The Hall–Kier alpha value is -3.54. The summed E-state index contributed by atoms with van der Waals surface area (Å²) < 4.78 is 10.8. The van der Waals surface area contributed by atoms with E-state index in [1.807, 2.05) is 56.3 Å². The van der Waals surface area contributed by atoms with Gasteiger partial charge in [0.2, 0.25) is 0 Å². The maximum absolute atomic E-state index is 12.5. The van der Waals surface area contributed by atoms with Crippen molar-refractivity contribution in [3.8, 4) is 11.5 Å². The smallest absolute Gasteiger partial charge is 0.257 e. The fourth-order valence-electron chi connectivity index (χ4n) is 2.73. The summed E-state index contributed by atoms with van der Waals surface area (Å²) in [7, 11) is 1.63. The number of nitrogens with one attached hydrogen (secondary N) is 2. The molecule has 29 heavy (non-hydrogen) atoms. The SMILES string of the molecule is COc1ccc(OCCNc2ccc(C(=O)Nc3cccc(C)c3C)cn2)cc1. The van der Waals surface area contributed by atoms with Gasteiger partial charge in [-0.1, -0.05) is 12.1 Å². The molecule has 0 aliphatic rings. The molecule has 0 aliphatic heterocycles. The minimum absolute atomic E-state index is 0.180. The Morgan fingerprint density at radius 2 is 1.76 bits per heavy atom. The molecule has 0 fully saturated rings. The molecule has 0 aliphatic carbocycles. The van der Waals surface area contributed by atoms with Gasteiger partial charge in [-0.15, -0.1) is 0 Å². The molecule has 1 aromatic heterocycles. The van der Waals surface area contributed by atoms with E-state index in [0.717, 1.165) is 28.3 Å². The van der Waals surface area contributed by atoms with Crippen LogP contribution < -0.4 is 20.1 Å². The summed E-state index contributed by atoms with van der Waals surface area (Å²) in [5.74, 6) is 2.08. The van der Waals surface area contributed by atoms with Crippen molar-refractivity contribution in [1.82, 2.24) is 4.98 Å². The molecular formula is C23H25N3O3. The Morgan fingerprint density at radius 3 is 2.45 bits per heavy atom. The van der Waals surface area contributed by atoms with Crippen LogP contribution >= 0.6 is 0 Å². The highest BCUT2D eigenvalue weighted by Crippen LogP contribution is 2.19. The predicted molar refractivity (Wildman–Crippen MR) is 115 cm³/mol. The number of ether oxygens (including phenoxy) is 2. The number of anilines is 2. The number of benzene rings is 2. The molecule has 0 bridgehead atoms. The van der Waals surface area contributed by atoms with Crippen LogP contribution in [0.4, 0.5) is 11.5 Å². The molecule has 0 radical (unpaired) electrons. The highest BCUT2D eigenvalue weighted by Gasteiger charge is 2.09. The lowest BCUT2D eigenvalue weighted by atomic mass is 10.1. The van der Waals surface area contributed by atoms with Gasteiger partial charge in [0.1, 0.15) is 23.9 Å². The normalized spacial score (nSPS) is 10.3. The molecule has 6 heteroatoms. The number of methoxy groups -OCH3 is 1. The number of rotatable bonds is 8. The fraction of sp³-hybridized carbons (Fsp3) is 0.217. The van der Waals surface area contributed by atoms with Crippen molar-refractivity contribution in [3.63, 3.8) is 0 Å². The summed E-state index contributed by atoms with van der Waals surface area (Å²) in [4.78, 5) is 16.8. The number of hydrogen-bond donors (Lipinski definition) is 2. The van der Waals surface area contributed by atoms with Gasteiger partial charge in [-0.25, -0.2) is 4.98 Å². The summed E-state index contributed by atoms with van der Waals surface area (Å²) in [5.41, 5.74) is 3.51. The summed E-state index contributed by atoms with van der Waals surface area (Å²) in [6.07, 6.45) is 1.56. The van der Waals surface area contributed by atoms with Crippen LogP contribution in [0.25, 0.3) is 0 Å². The van der Waals surface area contributed by atoms with Crippen LogP contribution in [0.5, 0.6) is 11.5 Å². The molecule has 0 saturated carbocycles. The molecule has 0 atom stereocenters. The van der Waals surface area contributed by atoms with Crippen LogP contribution in [-0.4, -0.2) is 31.2 Å². The van der Waals surface area contributed by atoms with Crippen molar-refractivity contribution in [3.05, 3.63) is 77.5 Å². The average Bonchev–Trinajstić information content (AvgIpc) is 2.75. The van der Waals surface area contributed by atoms with E-state index in [1.54, 1.807) is 25.4 Å². The Labute approximate surface area is 170 Å². The first-order chi connectivity index (χ1) is 14.1. The molecule has 1 heterocycles. The van der Waals surface area contributed by atoms with E-state index >= 15 is 0 Å². The van der Waals surface area contributed by atoms with Gasteiger partial charge in [-0.3, -0.25) is 4.79 Å². The number of aryl methyl sites for hydroxylation is 1. The molecule has 0 spiro atoms. The van der Waals surface area contributed by atoms with Crippen LogP contribution in [-0.2, 0) is 0 Å². The van der Waals surface area contributed by atoms with E-state index in [-0.39, 0.29) is 5.91 Å². The second-order valence-corrected chi connectivity index (χ2v) is 6.58. The third kappa shape index (κ3) is 5.48. The maximum Gasteiger partial charge on any atom is 0.257 e. The van der Waals surface area contributed by atoms with Gasteiger partial charge >= 0.3 is 0 Å². The molecule has 1 amide bonds. The largest absolute Gasteiger partial charge is 0.497 e. The molecule has 3 rings (SSSR count). The van der Waals surface area contributed by atoms with E-state index in [2.05, 4.69) is 15.6 Å². The van der Waals surface area contributed by atoms with E-state index < -0.39 is 0 Å². The van der Waals surface area contributed by atoms with Gasteiger partial charge in [-0.05, 0) is 67.4 Å². The van der Waals surface area contributed by atoms with Crippen molar-refractivity contribution in [2.75, 3.05) is 30.9 Å². The van der Waals surface area contributed by atoms with Crippen molar-refractivity contribution >= 4 is 17.4 Å². The highest BCUT2D eigenvalue weighted by molar-refractivity contribution is 6.04. The lowest BCUT2D eigenvalue weighted by molar-refractivity contribution is 0.102. The number of amides is 1. The zero-order valence-corrected chi connectivity index (χ0v) is 16.9. The molecule has 0 unspecified atom stereocenters. The topological polar surface area (TPSA) is 72.5 Å². The van der Waals surface area contributed by atoms with Crippen molar-refractivity contribution in [2.45, 2.75) is 13.8 Å². The van der Waals surface area contributed by atoms with Crippen molar-refractivity contribution < 1.29 is 14.3 Å². The molecule has 0 saturated heterocycles. The summed E-state index contributed by atoms with van der Waals surface area (Å²) in [6.45, 7) is 5.09. The third-order valence-electron chi connectivity index (χ3n) is 4.61. The number of carbonyl (C=O) groups excluding carboxylic acids is 1. The van der Waals surface area contributed by atoms with Crippen LogP contribution in [0, 0.1) is 13.8 Å². The minimum atomic E-state index is -0.180. The van der Waals surface area contributed by atoms with Gasteiger partial charge in [0.15, 0.2) is 0 Å². The lowest BCUT2D eigenvalue weighted by Gasteiger charge is -2.11. The van der Waals surface area contributed by atoms with E-state index in [9.17, 15) is 4.79 Å². The quantitative estimate of drug-likeness (QED) is 0.555. The van der Waals surface area contributed by atoms with Crippen LogP contribution in [0.1, 0.15) is 21.5 Å². The number of hydrogen-bond acceptors (Lipinski definition) is 5. The monoisotopic (exact) mass is 391 g/mol. The molecule has 2 aromatic carbocycles. The first-order valence-electron chi connectivity index (χ1n) is 9.41. The first kappa shape index (κ1) is 20.2. The third-order valence-corrected chi connectivity index (χ3v) is 4.61. The Morgan fingerprint density at radius 1 is 1.00 bits per heavy atom. The van der Waals surface area contributed by atoms with E-state index in [4.69, 9.17) is 9.47 Å². The van der Waals surface area contributed by atoms with Crippen molar-refractivity contribution in [2.24, 2.45) is 0 Å². The molecule has 3 aromatic rings. The molecular weight excluding hydrogens is 366 g/mol. The summed E-state index contributed by atoms with van der Waals surface area (Å²) in [5, 5.41) is 6.11. The lowest BCUT2D eigenvalue weighted by Crippen LogP contribution is -2.15. The van der Waals surface area contributed by atoms with Gasteiger partial charge in [-0.2, -0.15) is 0 Å². The number of nitrogens with zero attached hydrogens (tertiary/aromatic N) is 1. The first-order valence-corrected chi connectivity index (χ1v) is 9.41. The summed E-state index contributed by atoms with van der Waals surface area (Å²) in [6, 6.07) is 16.8.